The van der Waals surface area contributed by atoms with Crippen molar-refractivity contribution < 1.29 is 4.39 Å². The van der Waals surface area contributed by atoms with Gasteiger partial charge < -0.3 is 5.32 Å². The van der Waals surface area contributed by atoms with E-state index in [0.717, 1.165) is 16.7 Å². The summed E-state index contributed by atoms with van der Waals surface area (Å²) in [5.74, 6) is -0.0989. The van der Waals surface area contributed by atoms with Crippen LogP contribution in [0.25, 0.3) is 0 Å². The topological polar surface area (TPSA) is 12.0 Å². The molecule has 21 heavy (non-hydrogen) atoms. The lowest BCUT2D eigenvalue weighted by Crippen LogP contribution is -2.19. The number of hydrogen-bond acceptors (Lipinski definition) is 2. The summed E-state index contributed by atoms with van der Waals surface area (Å²) in [6.45, 7) is 3.95. The molecule has 0 saturated carbocycles. The van der Waals surface area contributed by atoms with E-state index in [2.05, 4.69) is 17.4 Å². The van der Waals surface area contributed by atoms with E-state index in [1.807, 2.05) is 32.2 Å². The lowest BCUT2D eigenvalue weighted by molar-refractivity contribution is 0.575. The Morgan fingerprint density at radius 3 is 2.57 bits per heavy atom. The molecule has 1 N–H and O–H groups in total. The Labute approximate surface area is 130 Å². The smallest absolute Gasteiger partial charge is 0.128 e. The molecule has 0 radical (unpaired) electrons. The summed E-state index contributed by atoms with van der Waals surface area (Å²) in [5, 5.41) is 3.32. The highest BCUT2D eigenvalue weighted by molar-refractivity contribution is 7.12. The highest BCUT2D eigenvalue weighted by Crippen LogP contribution is 2.37. The number of nitrogens with one attached hydrogen (secondary N) is 1. The maximum Gasteiger partial charge on any atom is 0.128 e. The number of fused-ring (bicyclic) bond motifs is 1. The van der Waals surface area contributed by atoms with Gasteiger partial charge in [-0.3, -0.25) is 0 Å². The number of thiophene rings is 1. The second-order valence-electron chi connectivity index (χ2n) is 6.00. The Morgan fingerprint density at radius 2 is 1.90 bits per heavy atom. The van der Waals surface area contributed by atoms with Crippen LogP contribution >= 0.6 is 11.3 Å². The van der Waals surface area contributed by atoms with Crippen LogP contribution in [0.4, 0.5) is 4.39 Å². The molecule has 3 heteroatoms. The quantitative estimate of drug-likeness (QED) is 0.867. The highest BCUT2D eigenvalue weighted by Gasteiger charge is 2.23. The van der Waals surface area contributed by atoms with Gasteiger partial charge in [-0.2, -0.15) is 0 Å². The summed E-state index contributed by atoms with van der Waals surface area (Å²) < 4.78 is 14.5. The molecule has 1 aliphatic carbocycles. The third-order valence-electron chi connectivity index (χ3n) is 4.36. The third-order valence-corrected chi connectivity index (χ3v) is 5.66. The van der Waals surface area contributed by atoms with E-state index in [1.54, 1.807) is 6.07 Å². The Bertz CT molecular complexity index is 613. The SMILES string of the molecule is CNC(c1cc2c(s1)CCCC2)c1c(C)cc(C)cc1F. The molecule has 1 aromatic carbocycles. The molecule has 1 unspecified atom stereocenters. The predicted molar refractivity (Wildman–Crippen MR) is 87.7 cm³/mol. The summed E-state index contributed by atoms with van der Waals surface area (Å²) in [7, 11) is 1.92. The molecular weight excluding hydrogens is 281 g/mol. The van der Waals surface area contributed by atoms with Crippen molar-refractivity contribution in [1.82, 2.24) is 5.32 Å². The molecule has 0 spiro atoms. The molecule has 1 aliphatic rings. The second kappa shape index (κ2) is 5.90. The molecule has 3 rings (SSSR count). The maximum absolute atomic E-state index is 14.5. The van der Waals surface area contributed by atoms with Crippen molar-refractivity contribution in [3.8, 4) is 0 Å². The van der Waals surface area contributed by atoms with Crippen LogP contribution in [-0.4, -0.2) is 7.05 Å². The van der Waals surface area contributed by atoms with Crippen LogP contribution in [0.1, 0.15) is 50.9 Å². The monoisotopic (exact) mass is 303 g/mol. The van der Waals surface area contributed by atoms with Crippen LogP contribution in [0.5, 0.6) is 0 Å². The minimum Gasteiger partial charge on any atom is -0.309 e. The molecule has 1 nitrogen and oxygen atoms in total. The molecule has 0 aliphatic heterocycles. The predicted octanol–water partition coefficient (Wildman–Crippen LogP) is 4.69. The average Bonchev–Trinajstić information content (AvgIpc) is 2.85. The molecule has 0 bridgehead atoms. The van der Waals surface area contributed by atoms with Crippen molar-refractivity contribution in [2.24, 2.45) is 0 Å². The van der Waals surface area contributed by atoms with Gasteiger partial charge >= 0.3 is 0 Å². The first-order chi connectivity index (χ1) is 10.1. The van der Waals surface area contributed by atoms with Crippen molar-refractivity contribution in [1.29, 1.82) is 0 Å². The summed E-state index contributed by atoms with van der Waals surface area (Å²) >= 11 is 1.86. The van der Waals surface area contributed by atoms with Gasteiger partial charge in [-0.05, 0) is 75.4 Å². The fraction of sp³-hybridized carbons (Fsp3) is 0.444. The van der Waals surface area contributed by atoms with Gasteiger partial charge in [-0.25, -0.2) is 4.39 Å². The molecule has 0 saturated heterocycles. The number of halogens is 1. The molecule has 1 atom stereocenters. The Hall–Kier alpha value is -1.19. The molecule has 2 aromatic rings. The van der Waals surface area contributed by atoms with Crippen LogP contribution in [0.2, 0.25) is 0 Å². The number of aryl methyl sites for hydroxylation is 4. The van der Waals surface area contributed by atoms with Crippen LogP contribution in [0, 0.1) is 19.7 Å². The highest BCUT2D eigenvalue weighted by atomic mass is 32.1. The standard InChI is InChI=1S/C18H22FNS/c1-11-8-12(2)17(14(19)9-11)18(20-3)16-10-13-6-4-5-7-15(13)21-16/h8-10,18,20H,4-7H2,1-3H3. The summed E-state index contributed by atoms with van der Waals surface area (Å²) in [6, 6.07) is 5.96. The molecule has 1 heterocycles. The van der Waals surface area contributed by atoms with Crippen LogP contribution < -0.4 is 5.32 Å². The number of benzene rings is 1. The first-order valence-corrected chi connectivity index (χ1v) is 8.47. The van der Waals surface area contributed by atoms with Gasteiger partial charge in [0.05, 0.1) is 6.04 Å². The molecule has 0 amide bonds. The maximum atomic E-state index is 14.5. The van der Waals surface area contributed by atoms with E-state index in [-0.39, 0.29) is 11.9 Å². The average molecular weight is 303 g/mol. The van der Waals surface area contributed by atoms with E-state index < -0.39 is 0 Å². The van der Waals surface area contributed by atoms with Gasteiger partial charge in [0, 0.05) is 15.3 Å². The molecule has 1 aromatic heterocycles. The zero-order valence-corrected chi connectivity index (χ0v) is 13.7. The Balaban J connectivity index is 2.04. The first-order valence-electron chi connectivity index (χ1n) is 7.65. The minimum atomic E-state index is -0.0989. The fourth-order valence-electron chi connectivity index (χ4n) is 3.38. The van der Waals surface area contributed by atoms with E-state index >= 15 is 0 Å². The Kier molecular flexibility index (Phi) is 4.14. The molecule has 0 fully saturated rings. The fourth-order valence-corrected chi connectivity index (χ4v) is 4.75. The normalized spacial score (nSPS) is 15.8. The van der Waals surface area contributed by atoms with Gasteiger partial charge in [-0.1, -0.05) is 6.07 Å². The van der Waals surface area contributed by atoms with Gasteiger partial charge in [0.25, 0.3) is 0 Å². The van der Waals surface area contributed by atoms with Gasteiger partial charge in [0.1, 0.15) is 5.82 Å². The third kappa shape index (κ3) is 2.77. The summed E-state index contributed by atoms with van der Waals surface area (Å²) in [6.07, 6.45) is 4.93. The first kappa shape index (κ1) is 14.7. The van der Waals surface area contributed by atoms with E-state index in [4.69, 9.17) is 0 Å². The van der Waals surface area contributed by atoms with E-state index in [1.165, 1.54) is 41.0 Å². The van der Waals surface area contributed by atoms with Gasteiger partial charge in [-0.15, -0.1) is 11.3 Å². The summed E-state index contributed by atoms with van der Waals surface area (Å²) in [4.78, 5) is 2.75. The molecule has 112 valence electrons. The minimum absolute atomic E-state index is 0.0406. The van der Waals surface area contributed by atoms with Crippen molar-refractivity contribution in [2.75, 3.05) is 7.05 Å². The van der Waals surface area contributed by atoms with E-state index in [9.17, 15) is 4.39 Å². The van der Waals surface area contributed by atoms with E-state index in [0.29, 0.717) is 0 Å². The van der Waals surface area contributed by atoms with Crippen molar-refractivity contribution in [2.45, 2.75) is 45.6 Å². The van der Waals surface area contributed by atoms with Gasteiger partial charge in [0.2, 0.25) is 0 Å². The van der Waals surface area contributed by atoms with Gasteiger partial charge in [0.15, 0.2) is 0 Å². The second-order valence-corrected chi connectivity index (χ2v) is 7.17. The largest absolute Gasteiger partial charge is 0.309 e. The van der Waals surface area contributed by atoms with Crippen LogP contribution in [0.15, 0.2) is 18.2 Å². The van der Waals surface area contributed by atoms with Crippen LogP contribution in [-0.2, 0) is 12.8 Å². The zero-order valence-electron chi connectivity index (χ0n) is 12.9. The Morgan fingerprint density at radius 1 is 1.14 bits per heavy atom. The van der Waals surface area contributed by atoms with Crippen molar-refractivity contribution in [3.63, 3.8) is 0 Å². The lowest BCUT2D eigenvalue weighted by Gasteiger charge is -2.19. The molecular formula is C18H22FNS. The zero-order chi connectivity index (χ0) is 15.0. The lowest BCUT2D eigenvalue weighted by atomic mass is 9.95. The van der Waals surface area contributed by atoms with Crippen LogP contribution in [0.3, 0.4) is 0 Å². The summed E-state index contributed by atoms with van der Waals surface area (Å²) in [5.41, 5.74) is 4.28. The number of hydrogen-bond donors (Lipinski definition) is 1. The van der Waals surface area contributed by atoms with Crippen molar-refractivity contribution >= 4 is 11.3 Å². The van der Waals surface area contributed by atoms with Crippen molar-refractivity contribution in [3.05, 3.63) is 56.0 Å². The number of rotatable bonds is 3.